The Morgan fingerprint density at radius 3 is 2.53 bits per heavy atom. The molecule has 0 atom stereocenters. The zero-order valence-electron chi connectivity index (χ0n) is 9.17. The van der Waals surface area contributed by atoms with E-state index in [1.54, 1.807) is 6.92 Å². The van der Waals surface area contributed by atoms with Gasteiger partial charge in [0.2, 0.25) is 5.91 Å². The van der Waals surface area contributed by atoms with Gasteiger partial charge in [-0.1, -0.05) is 20.8 Å². The number of nitrogens with one attached hydrogen (secondary N) is 1. The minimum Gasteiger partial charge on any atom is -0.505 e. The zero-order valence-corrected chi connectivity index (χ0v) is 9.17. The predicted octanol–water partition coefficient (Wildman–Crippen LogP) is 2.91. The molecule has 0 saturated carbocycles. The van der Waals surface area contributed by atoms with E-state index < -0.39 is 11.6 Å². The number of carbonyl (C=O) groups excluding carboxylic acids is 1. The third-order valence-electron chi connectivity index (χ3n) is 1.55. The van der Waals surface area contributed by atoms with Crippen molar-refractivity contribution in [2.45, 2.75) is 27.2 Å². The second-order valence-corrected chi connectivity index (χ2v) is 2.57. The Labute approximate surface area is 88.9 Å². The molecule has 3 nitrogen and oxygen atoms in total. The first kappa shape index (κ1) is 13.4. The van der Waals surface area contributed by atoms with E-state index in [9.17, 15) is 9.18 Å². The smallest absolute Gasteiger partial charge is 0.224 e. The van der Waals surface area contributed by atoms with Gasteiger partial charge in [-0.25, -0.2) is 4.39 Å². The molecule has 0 radical (unpaired) electrons. The summed E-state index contributed by atoms with van der Waals surface area (Å²) in [6, 6.07) is 3.66. The van der Waals surface area contributed by atoms with Crippen LogP contribution in [0.1, 0.15) is 27.2 Å². The van der Waals surface area contributed by atoms with Crippen molar-refractivity contribution in [3.8, 4) is 5.75 Å². The van der Waals surface area contributed by atoms with E-state index in [1.165, 1.54) is 12.1 Å². The van der Waals surface area contributed by atoms with Gasteiger partial charge in [-0.2, -0.15) is 0 Å². The first-order valence-electron chi connectivity index (χ1n) is 4.92. The van der Waals surface area contributed by atoms with Crippen molar-refractivity contribution >= 4 is 11.6 Å². The van der Waals surface area contributed by atoms with Crippen molar-refractivity contribution in [2.75, 3.05) is 5.32 Å². The molecule has 0 bridgehead atoms. The minimum absolute atomic E-state index is 0.175. The molecule has 15 heavy (non-hydrogen) atoms. The molecule has 1 aromatic rings. The van der Waals surface area contributed by atoms with Crippen LogP contribution in [0.4, 0.5) is 10.1 Å². The molecule has 0 unspecified atom stereocenters. The lowest BCUT2D eigenvalue weighted by Crippen LogP contribution is -2.09. The topological polar surface area (TPSA) is 49.3 Å². The molecule has 84 valence electrons. The molecule has 1 amide bonds. The fraction of sp³-hybridized carbons (Fsp3) is 0.364. The number of aromatic hydroxyl groups is 1. The number of phenolic OH excluding ortho intramolecular Hbond substituents is 1. The number of halogens is 1. The maximum atomic E-state index is 12.6. The third kappa shape index (κ3) is 4.44. The predicted molar refractivity (Wildman–Crippen MR) is 58.3 cm³/mol. The van der Waals surface area contributed by atoms with Crippen molar-refractivity contribution < 1.29 is 14.3 Å². The van der Waals surface area contributed by atoms with Crippen molar-refractivity contribution in [3.05, 3.63) is 24.0 Å². The number of phenols is 1. The fourth-order valence-corrected chi connectivity index (χ4v) is 0.840. The number of hydrogen-bond acceptors (Lipinski definition) is 2. The van der Waals surface area contributed by atoms with Gasteiger partial charge in [-0.3, -0.25) is 4.79 Å². The van der Waals surface area contributed by atoms with Crippen molar-refractivity contribution in [1.82, 2.24) is 0 Å². The van der Waals surface area contributed by atoms with Crippen molar-refractivity contribution in [3.63, 3.8) is 0 Å². The monoisotopic (exact) mass is 213 g/mol. The van der Waals surface area contributed by atoms with Gasteiger partial charge in [0.15, 0.2) is 11.6 Å². The molecule has 0 heterocycles. The first-order chi connectivity index (χ1) is 7.13. The van der Waals surface area contributed by atoms with Crippen LogP contribution < -0.4 is 5.32 Å². The third-order valence-corrected chi connectivity index (χ3v) is 1.55. The molecule has 0 aliphatic rings. The van der Waals surface area contributed by atoms with Crippen LogP contribution in [-0.4, -0.2) is 11.0 Å². The van der Waals surface area contributed by atoms with Crippen LogP contribution in [0.15, 0.2) is 18.2 Å². The standard InChI is InChI=1S/C9H10FNO2.C2H6/c1-2-9(13)11-6-3-4-7(10)8(12)5-6;1-2/h3-5,12H,2H2,1H3,(H,11,13);1-2H3. The molecule has 0 saturated heterocycles. The van der Waals surface area contributed by atoms with Gasteiger partial charge in [0, 0.05) is 18.2 Å². The summed E-state index contributed by atoms with van der Waals surface area (Å²) in [7, 11) is 0. The van der Waals surface area contributed by atoms with E-state index in [2.05, 4.69) is 5.32 Å². The second kappa shape index (κ2) is 6.81. The van der Waals surface area contributed by atoms with Crippen LogP contribution in [0.3, 0.4) is 0 Å². The first-order valence-corrected chi connectivity index (χ1v) is 4.92. The molecule has 1 rings (SSSR count). The quantitative estimate of drug-likeness (QED) is 0.793. The summed E-state index contributed by atoms with van der Waals surface area (Å²) in [4.78, 5) is 10.9. The van der Waals surface area contributed by atoms with Crippen molar-refractivity contribution in [1.29, 1.82) is 0 Å². The highest BCUT2D eigenvalue weighted by molar-refractivity contribution is 5.90. The van der Waals surface area contributed by atoms with Gasteiger partial charge in [-0.05, 0) is 12.1 Å². The Balaban J connectivity index is 0.000000921. The summed E-state index contributed by atoms with van der Waals surface area (Å²) < 4.78 is 12.6. The summed E-state index contributed by atoms with van der Waals surface area (Å²) in [5, 5.41) is 11.5. The van der Waals surface area contributed by atoms with Gasteiger partial charge in [0.05, 0.1) is 0 Å². The highest BCUT2D eigenvalue weighted by Crippen LogP contribution is 2.19. The summed E-state index contributed by atoms with van der Waals surface area (Å²) in [5.41, 5.74) is 0.394. The lowest BCUT2D eigenvalue weighted by Gasteiger charge is -2.03. The Hall–Kier alpha value is -1.58. The number of amides is 1. The molecular weight excluding hydrogens is 197 g/mol. The molecule has 4 heteroatoms. The van der Waals surface area contributed by atoms with E-state index in [4.69, 9.17) is 5.11 Å². The van der Waals surface area contributed by atoms with Gasteiger partial charge in [-0.15, -0.1) is 0 Å². The molecule has 2 N–H and O–H groups in total. The maximum Gasteiger partial charge on any atom is 0.224 e. The fourth-order valence-electron chi connectivity index (χ4n) is 0.840. The van der Waals surface area contributed by atoms with Crippen LogP contribution >= 0.6 is 0 Å². The molecule has 0 aliphatic heterocycles. The molecule has 1 aromatic carbocycles. The van der Waals surface area contributed by atoms with E-state index in [-0.39, 0.29) is 5.91 Å². The summed E-state index contributed by atoms with van der Waals surface area (Å²) in [5.74, 6) is -1.34. The van der Waals surface area contributed by atoms with E-state index in [0.29, 0.717) is 12.1 Å². The largest absolute Gasteiger partial charge is 0.505 e. The van der Waals surface area contributed by atoms with Crippen LogP contribution in [0.2, 0.25) is 0 Å². The highest BCUT2D eigenvalue weighted by Gasteiger charge is 2.03. The normalized spacial score (nSPS) is 8.80. The number of anilines is 1. The van der Waals surface area contributed by atoms with Crippen LogP contribution in [0.25, 0.3) is 0 Å². The molecular formula is C11H16FNO2. The van der Waals surface area contributed by atoms with E-state index in [1.807, 2.05) is 13.8 Å². The SMILES string of the molecule is CC.CCC(=O)Nc1ccc(F)c(O)c1. The zero-order chi connectivity index (χ0) is 11.8. The lowest BCUT2D eigenvalue weighted by molar-refractivity contribution is -0.115. The van der Waals surface area contributed by atoms with E-state index in [0.717, 1.165) is 6.07 Å². The summed E-state index contributed by atoms with van der Waals surface area (Å²) in [6.45, 7) is 5.71. The van der Waals surface area contributed by atoms with Gasteiger partial charge >= 0.3 is 0 Å². The molecule has 0 spiro atoms. The van der Waals surface area contributed by atoms with Crippen LogP contribution in [0, 0.1) is 5.82 Å². The number of hydrogen-bond donors (Lipinski definition) is 2. The Kier molecular flexibility index (Phi) is 6.09. The average molecular weight is 213 g/mol. The Bertz CT molecular complexity index is 326. The average Bonchev–Trinajstić information content (AvgIpc) is 2.26. The second-order valence-electron chi connectivity index (χ2n) is 2.57. The number of rotatable bonds is 2. The van der Waals surface area contributed by atoms with Gasteiger partial charge in [0.25, 0.3) is 0 Å². The minimum atomic E-state index is -0.700. The van der Waals surface area contributed by atoms with E-state index >= 15 is 0 Å². The molecule has 0 aromatic heterocycles. The van der Waals surface area contributed by atoms with Crippen molar-refractivity contribution in [2.24, 2.45) is 0 Å². The maximum absolute atomic E-state index is 12.6. The molecule has 0 aliphatic carbocycles. The van der Waals surface area contributed by atoms with Crippen LogP contribution in [0.5, 0.6) is 5.75 Å². The highest BCUT2D eigenvalue weighted by atomic mass is 19.1. The number of carbonyl (C=O) groups is 1. The Morgan fingerprint density at radius 2 is 2.07 bits per heavy atom. The van der Waals surface area contributed by atoms with Gasteiger partial charge < -0.3 is 10.4 Å². The summed E-state index contributed by atoms with van der Waals surface area (Å²) >= 11 is 0. The van der Waals surface area contributed by atoms with Crippen LogP contribution in [-0.2, 0) is 4.79 Å². The lowest BCUT2D eigenvalue weighted by atomic mass is 10.3. The number of benzene rings is 1. The molecule has 0 fully saturated rings. The van der Waals surface area contributed by atoms with Gasteiger partial charge in [0.1, 0.15) is 0 Å². The summed E-state index contributed by atoms with van der Waals surface area (Å²) in [6.07, 6.45) is 0.345. The Morgan fingerprint density at radius 1 is 1.47 bits per heavy atom.